The average Bonchev–Trinajstić information content (AvgIpc) is 3.21. The van der Waals surface area contributed by atoms with Gasteiger partial charge in [-0.3, -0.25) is 4.90 Å². The number of aromatic nitrogens is 4. The average molecular weight is 327 g/mol. The first-order valence-corrected chi connectivity index (χ1v) is 7.77. The number of hydrogen-bond donors (Lipinski definition) is 2. The number of benzene rings is 1. The summed E-state index contributed by atoms with van der Waals surface area (Å²) in [6.45, 7) is 4.03. The van der Waals surface area contributed by atoms with Crippen molar-refractivity contribution in [2.75, 3.05) is 26.3 Å². The molecule has 3 heterocycles. The minimum atomic E-state index is -0.971. The fourth-order valence-corrected chi connectivity index (χ4v) is 2.94. The van der Waals surface area contributed by atoms with Gasteiger partial charge in [0, 0.05) is 30.5 Å². The molecule has 0 atom stereocenters. The number of carboxylic acids is 1. The largest absolute Gasteiger partial charge is 0.477 e. The number of fused-ring (bicyclic) bond motifs is 1. The molecule has 1 saturated heterocycles. The molecule has 1 aromatic carbocycles. The van der Waals surface area contributed by atoms with E-state index in [0.29, 0.717) is 0 Å². The Kier molecular flexibility index (Phi) is 3.75. The molecule has 3 aromatic rings. The van der Waals surface area contributed by atoms with E-state index >= 15 is 0 Å². The zero-order valence-electron chi connectivity index (χ0n) is 13.0. The van der Waals surface area contributed by atoms with Gasteiger partial charge in [-0.15, -0.1) is 5.10 Å². The van der Waals surface area contributed by atoms with Gasteiger partial charge in [-0.2, -0.15) is 0 Å². The van der Waals surface area contributed by atoms with E-state index in [1.54, 1.807) is 16.9 Å². The number of carboxylic acid groups (broad SMARTS) is 1. The smallest absolute Gasteiger partial charge is 0.352 e. The van der Waals surface area contributed by atoms with Crippen LogP contribution in [-0.2, 0) is 11.3 Å². The predicted octanol–water partition coefficient (Wildman–Crippen LogP) is 1.28. The third-order valence-corrected chi connectivity index (χ3v) is 4.19. The van der Waals surface area contributed by atoms with Crippen LogP contribution >= 0.6 is 0 Å². The zero-order valence-corrected chi connectivity index (χ0v) is 13.0. The highest BCUT2D eigenvalue weighted by Gasteiger charge is 2.15. The van der Waals surface area contributed by atoms with Crippen LogP contribution in [0.5, 0.6) is 0 Å². The van der Waals surface area contributed by atoms with Crippen molar-refractivity contribution in [2.45, 2.75) is 6.54 Å². The van der Waals surface area contributed by atoms with Gasteiger partial charge in [0.15, 0.2) is 0 Å². The first kappa shape index (κ1) is 14.9. The number of nitrogens with zero attached hydrogens (tertiary/aromatic N) is 4. The first-order chi connectivity index (χ1) is 11.7. The third-order valence-electron chi connectivity index (χ3n) is 4.19. The molecule has 0 unspecified atom stereocenters. The molecule has 1 aliphatic rings. The normalized spacial score (nSPS) is 15.8. The van der Waals surface area contributed by atoms with Crippen LogP contribution in [0.25, 0.3) is 16.6 Å². The number of aromatic amines is 1. The van der Waals surface area contributed by atoms with Crippen molar-refractivity contribution in [2.24, 2.45) is 0 Å². The number of morpholine rings is 1. The van der Waals surface area contributed by atoms with Crippen LogP contribution in [0.4, 0.5) is 0 Å². The van der Waals surface area contributed by atoms with Crippen LogP contribution in [0.3, 0.4) is 0 Å². The van der Waals surface area contributed by atoms with Gasteiger partial charge in [0.25, 0.3) is 0 Å². The van der Waals surface area contributed by atoms with Crippen LogP contribution in [0, 0.1) is 0 Å². The molecule has 0 amide bonds. The Hall–Kier alpha value is -2.71. The van der Waals surface area contributed by atoms with Crippen LogP contribution in [0.1, 0.15) is 16.2 Å². The minimum Gasteiger partial charge on any atom is -0.477 e. The van der Waals surface area contributed by atoms with E-state index in [4.69, 9.17) is 9.84 Å². The lowest BCUT2D eigenvalue weighted by atomic mass is 10.2. The van der Waals surface area contributed by atoms with Crippen LogP contribution < -0.4 is 0 Å². The van der Waals surface area contributed by atoms with Crippen LogP contribution in [0.15, 0.2) is 30.5 Å². The molecule has 24 heavy (non-hydrogen) atoms. The number of aromatic carboxylic acids is 1. The Morgan fingerprint density at radius 1 is 1.29 bits per heavy atom. The molecule has 1 fully saturated rings. The number of nitrogens with one attached hydrogen (secondary N) is 1. The van der Waals surface area contributed by atoms with E-state index in [-0.39, 0.29) is 5.69 Å². The van der Waals surface area contributed by atoms with Crippen LogP contribution in [0.2, 0.25) is 0 Å². The van der Waals surface area contributed by atoms with Crippen molar-refractivity contribution >= 4 is 16.9 Å². The quantitative estimate of drug-likeness (QED) is 0.749. The molecule has 124 valence electrons. The van der Waals surface area contributed by atoms with Gasteiger partial charge in [-0.25, -0.2) is 9.48 Å². The number of H-pyrrole nitrogens is 1. The summed E-state index contributed by atoms with van der Waals surface area (Å²) in [5.41, 5.74) is 2.81. The summed E-state index contributed by atoms with van der Waals surface area (Å²) in [6.07, 6.45) is 1.76. The van der Waals surface area contributed by atoms with Crippen LogP contribution in [-0.4, -0.2) is 62.3 Å². The number of hydrogen-bond acceptors (Lipinski definition) is 5. The lowest BCUT2D eigenvalue weighted by Gasteiger charge is -2.26. The van der Waals surface area contributed by atoms with E-state index in [1.165, 1.54) is 0 Å². The maximum absolute atomic E-state index is 11.1. The summed E-state index contributed by atoms with van der Waals surface area (Å²) >= 11 is 0. The Labute approximate surface area is 137 Å². The summed E-state index contributed by atoms with van der Waals surface area (Å²) in [6, 6.07) is 7.30. The highest BCUT2D eigenvalue weighted by Crippen LogP contribution is 2.20. The molecule has 0 saturated carbocycles. The first-order valence-electron chi connectivity index (χ1n) is 7.77. The monoisotopic (exact) mass is 327 g/mol. The van der Waals surface area contributed by atoms with Crippen molar-refractivity contribution in [1.82, 2.24) is 24.9 Å². The SMILES string of the molecule is O=C(O)c1cc2cc(-n3nncc3CN3CCOCC3)ccc2[nH]1. The van der Waals surface area contributed by atoms with E-state index in [1.807, 2.05) is 18.2 Å². The molecular formula is C16H17N5O3. The molecule has 8 nitrogen and oxygen atoms in total. The molecule has 0 aliphatic carbocycles. The van der Waals surface area contributed by atoms with Gasteiger partial charge in [0.05, 0.1) is 30.8 Å². The van der Waals surface area contributed by atoms with Gasteiger partial charge in [-0.1, -0.05) is 5.21 Å². The van der Waals surface area contributed by atoms with Gasteiger partial charge in [-0.05, 0) is 24.3 Å². The van der Waals surface area contributed by atoms with Gasteiger partial charge < -0.3 is 14.8 Å². The Morgan fingerprint density at radius 3 is 2.92 bits per heavy atom. The molecule has 4 rings (SSSR count). The summed E-state index contributed by atoms with van der Waals surface area (Å²) in [4.78, 5) is 16.3. The predicted molar refractivity (Wildman–Crippen MR) is 86.3 cm³/mol. The van der Waals surface area contributed by atoms with E-state index in [9.17, 15) is 4.79 Å². The van der Waals surface area contributed by atoms with E-state index in [0.717, 1.165) is 55.1 Å². The zero-order chi connectivity index (χ0) is 16.5. The number of ether oxygens (including phenoxy) is 1. The molecule has 0 bridgehead atoms. The van der Waals surface area contributed by atoms with E-state index < -0.39 is 5.97 Å². The van der Waals surface area contributed by atoms with Gasteiger partial charge in [0.2, 0.25) is 0 Å². The lowest BCUT2D eigenvalue weighted by Crippen LogP contribution is -2.36. The topological polar surface area (TPSA) is 96.3 Å². The lowest BCUT2D eigenvalue weighted by molar-refractivity contribution is 0.0333. The van der Waals surface area contributed by atoms with Crippen molar-refractivity contribution in [3.63, 3.8) is 0 Å². The molecule has 8 heteroatoms. The van der Waals surface area contributed by atoms with Crippen molar-refractivity contribution in [3.8, 4) is 5.69 Å². The molecule has 0 spiro atoms. The summed E-state index contributed by atoms with van der Waals surface area (Å²) in [5.74, 6) is -0.971. The fraction of sp³-hybridized carbons (Fsp3) is 0.312. The Balaban J connectivity index is 1.64. The third kappa shape index (κ3) is 2.77. The second-order valence-corrected chi connectivity index (χ2v) is 5.79. The maximum atomic E-state index is 11.1. The van der Waals surface area contributed by atoms with Gasteiger partial charge >= 0.3 is 5.97 Å². The fourth-order valence-electron chi connectivity index (χ4n) is 2.94. The molecule has 2 N–H and O–H groups in total. The second-order valence-electron chi connectivity index (χ2n) is 5.79. The minimum absolute atomic E-state index is 0.175. The highest BCUT2D eigenvalue weighted by atomic mass is 16.5. The van der Waals surface area contributed by atoms with Crippen molar-refractivity contribution < 1.29 is 14.6 Å². The molecular weight excluding hydrogens is 310 g/mol. The number of carbonyl (C=O) groups is 1. The summed E-state index contributed by atoms with van der Waals surface area (Å²) in [7, 11) is 0. The number of rotatable bonds is 4. The molecule has 2 aromatic heterocycles. The van der Waals surface area contributed by atoms with E-state index in [2.05, 4.69) is 20.2 Å². The Morgan fingerprint density at radius 2 is 2.12 bits per heavy atom. The van der Waals surface area contributed by atoms with Gasteiger partial charge in [0.1, 0.15) is 5.69 Å². The van der Waals surface area contributed by atoms with Crippen molar-refractivity contribution in [3.05, 3.63) is 41.9 Å². The second kappa shape index (κ2) is 6.06. The summed E-state index contributed by atoms with van der Waals surface area (Å²) < 4.78 is 7.17. The highest BCUT2D eigenvalue weighted by molar-refractivity contribution is 5.94. The maximum Gasteiger partial charge on any atom is 0.352 e. The Bertz CT molecular complexity index is 879. The summed E-state index contributed by atoms with van der Waals surface area (Å²) in [5, 5.41) is 18.1. The standard InChI is InChI=1S/C16H17N5O3/c22-16(23)15-8-11-7-12(1-2-14(11)18-15)21-13(9-17-19-21)10-20-3-5-24-6-4-20/h1-2,7-9,18H,3-6,10H2,(H,22,23). The molecule has 0 radical (unpaired) electrons. The molecule has 1 aliphatic heterocycles. The van der Waals surface area contributed by atoms with Crippen molar-refractivity contribution in [1.29, 1.82) is 0 Å².